The fraction of sp³-hybridized carbons (Fsp3) is 0.190. The maximum absolute atomic E-state index is 12.6. The predicted molar refractivity (Wildman–Crippen MR) is 106 cm³/mol. The van der Waals surface area contributed by atoms with E-state index in [-0.39, 0.29) is 5.78 Å². The smallest absolute Gasteiger partial charge is 0.351 e. The molecular formula is C21H19NO5S. The largest absolute Gasteiger partial charge is 0.497 e. The Kier molecular flexibility index (Phi) is 6.06. The third kappa shape index (κ3) is 4.20. The van der Waals surface area contributed by atoms with E-state index in [1.807, 2.05) is 37.3 Å². The van der Waals surface area contributed by atoms with Crippen LogP contribution in [0.1, 0.15) is 25.0 Å². The molecule has 28 heavy (non-hydrogen) atoms. The maximum Gasteiger partial charge on any atom is 0.351 e. The van der Waals surface area contributed by atoms with E-state index < -0.39 is 12.6 Å². The maximum atomic E-state index is 12.6. The van der Waals surface area contributed by atoms with E-state index in [0.717, 1.165) is 10.6 Å². The van der Waals surface area contributed by atoms with Gasteiger partial charge in [0.2, 0.25) is 5.78 Å². The van der Waals surface area contributed by atoms with Crippen LogP contribution in [0.25, 0.3) is 11.3 Å². The summed E-state index contributed by atoms with van der Waals surface area (Å²) in [5.41, 5.74) is 1.66. The molecule has 0 aliphatic carbocycles. The Bertz CT molecular complexity index is 997. The molecule has 0 aliphatic rings. The van der Waals surface area contributed by atoms with Crippen molar-refractivity contribution in [2.45, 2.75) is 6.92 Å². The Morgan fingerprint density at radius 2 is 1.79 bits per heavy atom. The van der Waals surface area contributed by atoms with Crippen LogP contribution in [0.5, 0.6) is 11.5 Å². The first-order chi connectivity index (χ1) is 13.5. The molecular weight excluding hydrogens is 378 g/mol. The Balaban J connectivity index is 1.78. The van der Waals surface area contributed by atoms with Crippen molar-refractivity contribution in [3.05, 3.63) is 64.0 Å². The van der Waals surface area contributed by atoms with Crippen molar-refractivity contribution in [1.29, 1.82) is 0 Å². The molecule has 0 saturated carbocycles. The minimum absolute atomic E-state index is 0.290. The number of esters is 1. The van der Waals surface area contributed by atoms with Crippen LogP contribution in [0.4, 0.5) is 0 Å². The van der Waals surface area contributed by atoms with Crippen LogP contribution in [-0.2, 0) is 4.74 Å². The third-order valence-corrected chi connectivity index (χ3v) is 4.96. The lowest BCUT2D eigenvalue weighted by molar-refractivity contribution is 0.0479. The third-order valence-electron chi connectivity index (χ3n) is 4.01. The number of Topliss-reactive ketones (excluding diaryl/α,β-unsaturated/α-hetero) is 1. The van der Waals surface area contributed by atoms with Gasteiger partial charge in [-0.2, -0.15) is 0 Å². The van der Waals surface area contributed by atoms with Crippen molar-refractivity contribution >= 4 is 23.1 Å². The normalized spacial score (nSPS) is 10.4. The Morgan fingerprint density at radius 3 is 2.46 bits per heavy atom. The number of methoxy groups -OCH3 is 2. The zero-order valence-corrected chi connectivity index (χ0v) is 16.5. The summed E-state index contributed by atoms with van der Waals surface area (Å²) in [5, 5.41) is 0.742. The average molecular weight is 397 g/mol. The summed E-state index contributed by atoms with van der Waals surface area (Å²) in [6.07, 6.45) is 0. The molecule has 1 aromatic heterocycles. The topological polar surface area (TPSA) is 74.7 Å². The second kappa shape index (κ2) is 8.67. The molecule has 3 aromatic rings. The molecule has 0 atom stereocenters. The van der Waals surface area contributed by atoms with Crippen LogP contribution in [0, 0.1) is 6.92 Å². The standard InChI is InChI=1S/C21H19NO5S/c1-13-22-19(14-7-5-4-6-8-14)20(28-13)21(24)27-12-17(23)16-11-15(25-2)9-10-18(16)26-3/h4-11H,12H2,1-3H3. The van der Waals surface area contributed by atoms with E-state index in [0.29, 0.717) is 27.6 Å². The average Bonchev–Trinajstić information content (AvgIpc) is 3.13. The summed E-state index contributed by atoms with van der Waals surface area (Å²) in [7, 11) is 2.98. The summed E-state index contributed by atoms with van der Waals surface area (Å²) < 4.78 is 15.6. The molecule has 0 unspecified atom stereocenters. The van der Waals surface area contributed by atoms with E-state index >= 15 is 0 Å². The van der Waals surface area contributed by atoms with Gasteiger partial charge in [-0.3, -0.25) is 4.79 Å². The number of benzene rings is 2. The van der Waals surface area contributed by atoms with Crippen molar-refractivity contribution in [1.82, 2.24) is 4.98 Å². The number of aryl methyl sites for hydroxylation is 1. The zero-order chi connectivity index (χ0) is 20.1. The number of aromatic nitrogens is 1. The van der Waals surface area contributed by atoms with Gasteiger partial charge in [-0.05, 0) is 25.1 Å². The summed E-state index contributed by atoms with van der Waals surface area (Å²) in [5.74, 6) is -0.0633. The lowest BCUT2D eigenvalue weighted by Gasteiger charge is -2.10. The Labute approximate surface area is 166 Å². The molecule has 2 aromatic carbocycles. The lowest BCUT2D eigenvalue weighted by atomic mass is 10.1. The fourth-order valence-corrected chi connectivity index (χ4v) is 3.50. The Hall–Kier alpha value is -3.19. The van der Waals surface area contributed by atoms with Crippen LogP contribution in [0.3, 0.4) is 0 Å². The van der Waals surface area contributed by atoms with E-state index in [1.165, 1.54) is 25.6 Å². The minimum Gasteiger partial charge on any atom is -0.497 e. The highest BCUT2D eigenvalue weighted by Gasteiger charge is 2.22. The molecule has 0 radical (unpaired) electrons. The number of carbonyl (C=O) groups excluding carboxylic acids is 2. The molecule has 0 fully saturated rings. The van der Waals surface area contributed by atoms with Crippen molar-refractivity contribution in [3.8, 4) is 22.8 Å². The van der Waals surface area contributed by atoms with Crippen LogP contribution in [-0.4, -0.2) is 37.6 Å². The van der Waals surface area contributed by atoms with Gasteiger partial charge >= 0.3 is 5.97 Å². The van der Waals surface area contributed by atoms with E-state index in [2.05, 4.69) is 4.98 Å². The predicted octanol–water partition coefficient (Wildman–Crippen LogP) is 4.18. The van der Waals surface area contributed by atoms with Crippen LogP contribution >= 0.6 is 11.3 Å². The molecule has 0 spiro atoms. The minimum atomic E-state index is -0.584. The lowest BCUT2D eigenvalue weighted by Crippen LogP contribution is -2.15. The molecule has 0 saturated heterocycles. The Morgan fingerprint density at radius 1 is 1.04 bits per heavy atom. The molecule has 0 aliphatic heterocycles. The van der Waals surface area contributed by atoms with Gasteiger partial charge in [-0.25, -0.2) is 9.78 Å². The summed E-state index contributed by atoms with van der Waals surface area (Å²) in [6, 6.07) is 14.3. The molecule has 0 N–H and O–H groups in total. The van der Waals surface area contributed by atoms with E-state index in [1.54, 1.807) is 18.2 Å². The molecule has 0 bridgehead atoms. The van der Waals surface area contributed by atoms with Gasteiger partial charge in [0, 0.05) is 5.56 Å². The van der Waals surface area contributed by atoms with Gasteiger partial charge in [0.15, 0.2) is 6.61 Å². The van der Waals surface area contributed by atoms with Crippen molar-refractivity contribution in [2.75, 3.05) is 20.8 Å². The monoisotopic (exact) mass is 397 g/mol. The summed E-state index contributed by atoms with van der Waals surface area (Å²) in [6.45, 7) is 1.41. The number of ether oxygens (including phenoxy) is 3. The quantitative estimate of drug-likeness (QED) is 0.440. The van der Waals surface area contributed by atoms with Crippen molar-refractivity contribution in [2.24, 2.45) is 0 Å². The highest BCUT2D eigenvalue weighted by Crippen LogP contribution is 2.29. The number of nitrogens with zero attached hydrogens (tertiary/aromatic N) is 1. The van der Waals surface area contributed by atoms with Gasteiger partial charge in [0.25, 0.3) is 0 Å². The second-order valence-electron chi connectivity index (χ2n) is 5.84. The second-order valence-corrected chi connectivity index (χ2v) is 7.05. The molecule has 0 amide bonds. The molecule has 3 rings (SSSR count). The van der Waals surface area contributed by atoms with Gasteiger partial charge in [0.05, 0.1) is 30.5 Å². The van der Waals surface area contributed by atoms with Crippen molar-refractivity contribution < 1.29 is 23.8 Å². The number of ketones is 1. The van der Waals surface area contributed by atoms with E-state index in [9.17, 15) is 9.59 Å². The van der Waals surface area contributed by atoms with Gasteiger partial charge in [-0.15, -0.1) is 11.3 Å². The van der Waals surface area contributed by atoms with Gasteiger partial charge < -0.3 is 14.2 Å². The molecule has 6 nitrogen and oxygen atoms in total. The summed E-state index contributed by atoms with van der Waals surface area (Å²) in [4.78, 5) is 30.0. The van der Waals surface area contributed by atoms with E-state index in [4.69, 9.17) is 14.2 Å². The van der Waals surface area contributed by atoms with Gasteiger partial charge in [-0.1, -0.05) is 30.3 Å². The van der Waals surface area contributed by atoms with Crippen LogP contribution in [0.2, 0.25) is 0 Å². The number of hydrogen-bond donors (Lipinski definition) is 0. The first-order valence-corrected chi connectivity index (χ1v) is 9.30. The van der Waals surface area contributed by atoms with Gasteiger partial charge in [0.1, 0.15) is 16.4 Å². The molecule has 144 valence electrons. The fourth-order valence-electron chi connectivity index (χ4n) is 2.66. The van der Waals surface area contributed by atoms with Crippen LogP contribution < -0.4 is 9.47 Å². The molecule has 7 heteroatoms. The number of rotatable bonds is 7. The highest BCUT2D eigenvalue weighted by molar-refractivity contribution is 7.14. The SMILES string of the molecule is COc1ccc(OC)c(C(=O)COC(=O)c2sc(C)nc2-c2ccccc2)c1. The van der Waals surface area contributed by atoms with Crippen molar-refractivity contribution in [3.63, 3.8) is 0 Å². The van der Waals surface area contributed by atoms with Crippen LogP contribution in [0.15, 0.2) is 48.5 Å². The molecule has 1 heterocycles. The number of thiazole rings is 1. The number of hydrogen-bond acceptors (Lipinski definition) is 7. The first kappa shape index (κ1) is 19.6. The summed E-state index contributed by atoms with van der Waals surface area (Å²) >= 11 is 1.24. The first-order valence-electron chi connectivity index (χ1n) is 8.48. The zero-order valence-electron chi connectivity index (χ0n) is 15.7. The highest BCUT2D eigenvalue weighted by atomic mass is 32.1. The number of carbonyl (C=O) groups is 2.